The van der Waals surface area contributed by atoms with E-state index < -0.39 is 17.6 Å². The highest BCUT2D eigenvalue weighted by Crippen LogP contribution is 2.35. The van der Waals surface area contributed by atoms with Gasteiger partial charge in [-0.2, -0.15) is 13.2 Å². The minimum Gasteiger partial charge on any atom is -0.324 e. The van der Waals surface area contributed by atoms with Gasteiger partial charge in [-0.15, -0.1) is 11.3 Å². The molecule has 0 bridgehead atoms. The molecule has 2 heterocycles. The van der Waals surface area contributed by atoms with Gasteiger partial charge in [-0.1, -0.05) is 23.4 Å². The Hall–Kier alpha value is -2.04. The van der Waals surface area contributed by atoms with E-state index in [4.69, 9.17) is 11.6 Å². The number of thiophene rings is 1. The Bertz CT molecular complexity index is 1190. The van der Waals surface area contributed by atoms with Gasteiger partial charge in [0.2, 0.25) is 5.91 Å². The second-order valence-electron chi connectivity index (χ2n) is 6.79. The second-order valence-corrected chi connectivity index (χ2v) is 9.25. The molecule has 0 aliphatic heterocycles. The summed E-state index contributed by atoms with van der Waals surface area (Å²) in [6.07, 6.45) is -0.590. The molecule has 2 aromatic heterocycles. The molecule has 30 heavy (non-hydrogen) atoms. The number of hydrogen-bond acceptors (Lipinski definition) is 5. The lowest BCUT2D eigenvalue weighted by Gasteiger charge is -2.11. The predicted molar refractivity (Wildman–Crippen MR) is 113 cm³/mol. The Labute approximate surface area is 182 Å². The maximum Gasteiger partial charge on any atom is 0.416 e. The van der Waals surface area contributed by atoms with Gasteiger partial charge < -0.3 is 10.3 Å². The van der Waals surface area contributed by atoms with Gasteiger partial charge in [0.15, 0.2) is 5.16 Å². The van der Waals surface area contributed by atoms with E-state index in [0.717, 1.165) is 61.2 Å². The van der Waals surface area contributed by atoms with E-state index in [2.05, 4.69) is 15.3 Å². The highest BCUT2D eigenvalue weighted by Gasteiger charge is 2.31. The first kappa shape index (κ1) is 21.2. The third-order valence-electron chi connectivity index (χ3n) is 4.71. The van der Waals surface area contributed by atoms with Crippen molar-refractivity contribution >= 4 is 56.5 Å². The van der Waals surface area contributed by atoms with E-state index in [1.165, 1.54) is 16.2 Å². The maximum absolute atomic E-state index is 12.9. The quantitative estimate of drug-likeness (QED) is 0.400. The largest absolute Gasteiger partial charge is 0.416 e. The van der Waals surface area contributed by atoms with E-state index in [9.17, 15) is 22.8 Å². The third kappa shape index (κ3) is 4.35. The number of amides is 1. The Morgan fingerprint density at radius 1 is 1.30 bits per heavy atom. The number of aromatic amines is 1. The fourth-order valence-electron chi connectivity index (χ4n) is 3.33. The zero-order valence-corrected chi connectivity index (χ0v) is 17.7. The summed E-state index contributed by atoms with van der Waals surface area (Å²) in [5, 5.41) is 3.29. The van der Waals surface area contributed by atoms with Crippen LogP contribution in [-0.4, -0.2) is 21.6 Å². The molecular weight excluding hydrogens is 459 g/mol. The first-order valence-corrected chi connectivity index (χ1v) is 11.2. The molecule has 0 fully saturated rings. The number of carbonyl (C=O) groups excluding carboxylic acids is 1. The van der Waals surface area contributed by atoms with Gasteiger partial charge in [0.25, 0.3) is 5.56 Å². The Balaban J connectivity index is 1.48. The highest BCUT2D eigenvalue weighted by atomic mass is 35.5. The van der Waals surface area contributed by atoms with Crippen molar-refractivity contribution in [1.29, 1.82) is 0 Å². The maximum atomic E-state index is 12.9. The molecule has 1 aliphatic carbocycles. The summed E-state index contributed by atoms with van der Waals surface area (Å²) < 4.78 is 38.6. The van der Waals surface area contributed by atoms with Crippen molar-refractivity contribution in [3.8, 4) is 0 Å². The molecule has 4 rings (SSSR count). The number of H-pyrrole nitrogens is 1. The summed E-state index contributed by atoms with van der Waals surface area (Å²) in [5.74, 6) is -0.707. The minimum atomic E-state index is -4.54. The van der Waals surface area contributed by atoms with Crippen LogP contribution in [0.2, 0.25) is 5.02 Å². The molecule has 0 saturated heterocycles. The van der Waals surface area contributed by atoms with Crippen LogP contribution in [-0.2, 0) is 23.8 Å². The molecule has 1 aromatic carbocycles. The standard InChI is InChI=1S/C19H15ClF3N3O2S2/c20-11-6-5-9(19(21,22)23)7-12(11)24-14(27)8-29-18-25-16(28)15-10-3-1-2-4-13(10)30-17(15)26-18/h5-7H,1-4,8H2,(H,24,27)(H,25,26,28). The first-order valence-electron chi connectivity index (χ1n) is 9.06. The smallest absolute Gasteiger partial charge is 0.324 e. The molecular formula is C19H15ClF3N3O2S2. The predicted octanol–water partition coefficient (Wildman–Crippen LogP) is 5.27. The van der Waals surface area contributed by atoms with Crippen LogP contribution in [0.1, 0.15) is 28.8 Å². The summed E-state index contributed by atoms with van der Waals surface area (Å²) in [5.41, 5.74) is -0.195. The minimum absolute atomic E-state index is 0.00142. The number of aryl methyl sites for hydroxylation is 2. The van der Waals surface area contributed by atoms with Crippen molar-refractivity contribution < 1.29 is 18.0 Å². The van der Waals surface area contributed by atoms with Gasteiger partial charge in [0, 0.05) is 4.88 Å². The van der Waals surface area contributed by atoms with E-state index in [-0.39, 0.29) is 27.2 Å². The second kappa shape index (κ2) is 8.24. The fourth-order valence-corrected chi connectivity index (χ4v) is 5.48. The van der Waals surface area contributed by atoms with Crippen molar-refractivity contribution in [2.24, 2.45) is 0 Å². The van der Waals surface area contributed by atoms with Gasteiger partial charge in [-0.3, -0.25) is 9.59 Å². The Morgan fingerprint density at radius 2 is 2.07 bits per heavy atom. The number of rotatable bonds is 4. The van der Waals surface area contributed by atoms with Gasteiger partial charge in [0.1, 0.15) is 4.83 Å². The first-order chi connectivity index (χ1) is 14.2. The lowest BCUT2D eigenvalue weighted by atomic mass is 9.97. The number of alkyl halides is 3. The lowest BCUT2D eigenvalue weighted by molar-refractivity contribution is -0.137. The molecule has 0 radical (unpaired) electrons. The molecule has 5 nitrogen and oxygen atoms in total. The number of fused-ring (bicyclic) bond motifs is 3. The van der Waals surface area contributed by atoms with Crippen molar-refractivity contribution in [2.75, 3.05) is 11.1 Å². The van der Waals surface area contributed by atoms with E-state index in [1.54, 1.807) is 0 Å². The molecule has 158 valence electrons. The van der Waals surface area contributed by atoms with Gasteiger partial charge >= 0.3 is 6.18 Å². The monoisotopic (exact) mass is 473 g/mol. The van der Waals surface area contributed by atoms with Crippen molar-refractivity contribution in [2.45, 2.75) is 37.0 Å². The lowest BCUT2D eigenvalue weighted by Crippen LogP contribution is -2.16. The third-order valence-corrected chi connectivity index (χ3v) is 7.10. The zero-order valence-electron chi connectivity index (χ0n) is 15.4. The van der Waals surface area contributed by atoms with Gasteiger partial charge in [0.05, 0.1) is 27.4 Å². The molecule has 1 amide bonds. The van der Waals surface area contributed by atoms with Crippen LogP contribution < -0.4 is 10.9 Å². The summed E-state index contributed by atoms with van der Waals surface area (Å²) >= 11 is 8.40. The SMILES string of the molecule is O=C(CSc1nc2sc3c(c2c(=O)[nH]1)CCCC3)Nc1cc(C(F)(F)F)ccc1Cl. The number of thioether (sulfide) groups is 1. The summed E-state index contributed by atoms with van der Waals surface area (Å²) in [4.78, 5) is 33.7. The zero-order chi connectivity index (χ0) is 21.5. The van der Waals surface area contributed by atoms with Crippen LogP contribution >= 0.6 is 34.7 Å². The summed E-state index contributed by atoms with van der Waals surface area (Å²) in [6, 6.07) is 2.71. The average molecular weight is 474 g/mol. The number of halogens is 4. The number of nitrogens with one attached hydrogen (secondary N) is 2. The highest BCUT2D eigenvalue weighted by molar-refractivity contribution is 7.99. The van der Waals surface area contributed by atoms with Crippen LogP contribution in [0, 0.1) is 0 Å². The molecule has 0 unspecified atom stereocenters. The number of nitrogens with zero attached hydrogens (tertiary/aromatic N) is 1. The van der Waals surface area contributed by atoms with Crippen LogP contribution in [0.4, 0.5) is 18.9 Å². The number of carbonyl (C=O) groups is 1. The molecule has 1 aliphatic rings. The van der Waals surface area contributed by atoms with E-state index in [0.29, 0.717) is 10.2 Å². The fraction of sp³-hybridized carbons (Fsp3) is 0.316. The summed E-state index contributed by atoms with van der Waals surface area (Å²) in [6.45, 7) is 0. The van der Waals surface area contributed by atoms with E-state index in [1.807, 2.05) is 0 Å². The van der Waals surface area contributed by atoms with Gasteiger partial charge in [-0.25, -0.2) is 4.98 Å². The molecule has 0 atom stereocenters. The molecule has 2 N–H and O–H groups in total. The Morgan fingerprint density at radius 3 is 2.83 bits per heavy atom. The molecule has 0 saturated carbocycles. The number of aromatic nitrogens is 2. The topological polar surface area (TPSA) is 74.8 Å². The Kier molecular flexibility index (Phi) is 5.82. The molecule has 0 spiro atoms. The molecule has 3 aromatic rings. The van der Waals surface area contributed by atoms with E-state index >= 15 is 0 Å². The number of hydrogen-bond donors (Lipinski definition) is 2. The normalized spacial score (nSPS) is 14.0. The summed E-state index contributed by atoms with van der Waals surface area (Å²) in [7, 11) is 0. The average Bonchev–Trinajstić information content (AvgIpc) is 3.06. The van der Waals surface area contributed by atoms with Crippen molar-refractivity contribution in [1.82, 2.24) is 9.97 Å². The van der Waals surface area contributed by atoms with Crippen LogP contribution in [0.25, 0.3) is 10.2 Å². The number of benzene rings is 1. The van der Waals surface area contributed by atoms with Crippen LogP contribution in [0.15, 0.2) is 28.2 Å². The number of anilines is 1. The van der Waals surface area contributed by atoms with Crippen molar-refractivity contribution in [3.63, 3.8) is 0 Å². The van der Waals surface area contributed by atoms with Crippen LogP contribution in [0.5, 0.6) is 0 Å². The van der Waals surface area contributed by atoms with Gasteiger partial charge in [-0.05, 0) is 49.4 Å². The molecule has 11 heteroatoms. The van der Waals surface area contributed by atoms with Crippen molar-refractivity contribution in [3.05, 3.63) is 49.6 Å². The van der Waals surface area contributed by atoms with Crippen LogP contribution in [0.3, 0.4) is 0 Å².